The van der Waals surface area contributed by atoms with E-state index in [2.05, 4.69) is 20.9 Å². The summed E-state index contributed by atoms with van der Waals surface area (Å²) in [6.45, 7) is 2.35. The van der Waals surface area contributed by atoms with Crippen LogP contribution in [0.4, 0.5) is 5.69 Å². The fourth-order valence-electron chi connectivity index (χ4n) is 6.97. The second-order valence-electron chi connectivity index (χ2n) is 13.6. The van der Waals surface area contributed by atoms with Crippen molar-refractivity contribution in [2.24, 2.45) is 7.05 Å². The number of ether oxygens (including phenoxy) is 4. The van der Waals surface area contributed by atoms with Gasteiger partial charge >= 0.3 is 0 Å². The van der Waals surface area contributed by atoms with E-state index in [1.54, 1.807) is 58.1 Å². The van der Waals surface area contributed by atoms with Gasteiger partial charge < -0.3 is 34.1 Å². The van der Waals surface area contributed by atoms with Gasteiger partial charge in [0, 0.05) is 74.1 Å². The molecule has 17 nitrogen and oxygen atoms in total. The molecule has 2 aliphatic heterocycles. The van der Waals surface area contributed by atoms with Crippen LogP contribution in [0.3, 0.4) is 0 Å². The van der Waals surface area contributed by atoms with Crippen LogP contribution in [0.2, 0.25) is 0 Å². The Morgan fingerprint density at radius 1 is 0.912 bits per heavy atom. The number of carbonyl (C=O) groups excluding carboxylic acids is 5. The van der Waals surface area contributed by atoms with Crippen LogP contribution >= 0.6 is 0 Å². The van der Waals surface area contributed by atoms with Crippen molar-refractivity contribution in [2.45, 2.75) is 25.4 Å². The second-order valence-corrected chi connectivity index (χ2v) is 13.6. The van der Waals surface area contributed by atoms with Gasteiger partial charge in [0.15, 0.2) is 0 Å². The summed E-state index contributed by atoms with van der Waals surface area (Å²) in [7, 11) is 6.68. The number of carbonyl (C=O) groups is 5. The molecule has 3 N–H and O–H groups in total. The van der Waals surface area contributed by atoms with Gasteiger partial charge in [0.2, 0.25) is 17.7 Å². The molecule has 2 aromatic heterocycles. The Labute approximate surface area is 328 Å². The quantitative estimate of drug-likeness (QED) is 0.0975. The van der Waals surface area contributed by atoms with Crippen LogP contribution in [0, 0.1) is 0 Å². The second kappa shape index (κ2) is 18.2. The molecule has 57 heavy (non-hydrogen) atoms. The minimum atomic E-state index is -1.03. The van der Waals surface area contributed by atoms with Crippen molar-refractivity contribution in [1.82, 2.24) is 30.0 Å². The average molecular weight is 784 g/mol. The number of amides is 5. The molecule has 0 bridgehead atoms. The number of fused-ring (bicyclic) bond motifs is 2. The van der Waals surface area contributed by atoms with Crippen LogP contribution in [0.15, 0.2) is 59.8 Å². The minimum Gasteiger partial charge on any atom is -0.496 e. The number of benzene rings is 2. The highest BCUT2D eigenvalue weighted by molar-refractivity contribution is 6.25. The summed E-state index contributed by atoms with van der Waals surface area (Å²) in [6, 6.07) is 9.38. The molecule has 1 fully saturated rings. The Bertz CT molecular complexity index is 2260. The van der Waals surface area contributed by atoms with E-state index in [0.717, 1.165) is 27.0 Å². The highest BCUT2D eigenvalue weighted by Gasteiger charge is 2.45. The first-order chi connectivity index (χ1) is 27.5. The molecule has 0 spiro atoms. The lowest BCUT2D eigenvalue weighted by molar-refractivity contribution is -0.136. The molecule has 4 heterocycles. The largest absolute Gasteiger partial charge is 0.496 e. The number of aryl methyl sites for hydroxylation is 1. The SMILES string of the molecule is COc1cc(-c2cn(C)c(=O)c3cnccc23)c(OC)cc1CN(C)CC(=O)NCCOCCOCCNc1cccc2c1C(=O)N(C1CCC(=O)NC1=O)C2=O. The Morgan fingerprint density at radius 3 is 2.40 bits per heavy atom. The molecule has 1 atom stereocenters. The average Bonchev–Trinajstić information content (AvgIpc) is 3.45. The van der Waals surface area contributed by atoms with Crippen LogP contribution in [-0.4, -0.2) is 122 Å². The maximum atomic E-state index is 13.2. The first-order valence-electron chi connectivity index (χ1n) is 18.4. The summed E-state index contributed by atoms with van der Waals surface area (Å²) in [5.74, 6) is -1.22. The summed E-state index contributed by atoms with van der Waals surface area (Å²) >= 11 is 0. The number of imide groups is 2. The molecule has 0 saturated carbocycles. The molecule has 300 valence electrons. The van der Waals surface area contributed by atoms with Crippen molar-refractivity contribution in [1.29, 1.82) is 0 Å². The maximum absolute atomic E-state index is 13.2. The summed E-state index contributed by atoms with van der Waals surface area (Å²) in [4.78, 5) is 82.5. The summed E-state index contributed by atoms with van der Waals surface area (Å²) in [5, 5.41) is 9.41. The zero-order valence-electron chi connectivity index (χ0n) is 32.2. The Morgan fingerprint density at radius 2 is 1.67 bits per heavy atom. The van der Waals surface area contributed by atoms with Crippen LogP contribution in [0.1, 0.15) is 39.1 Å². The van der Waals surface area contributed by atoms with Crippen LogP contribution in [-0.2, 0) is 37.4 Å². The van der Waals surface area contributed by atoms with Gasteiger partial charge in [0.05, 0.1) is 63.7 Å². The van der Waals surface area contributed by atoms with Gasteiger partial charge in [-0.05, 0) is 49.2 Å². The third-order valence-electron chi connectivity index (χ3n) is 9.70. The predicted octanol–water partition coefficient (Wildman–Crippen LogP) is 1.71. The fraction of sp³-hybridized carbons (Fsp3) is 0.375. The number of likely N-dealkylation sites (N-methyl/N-ethyl adjacent to an activating group) is 1. The van der Waals surface area contributed by atoms with E-state index in [-0.39, 0.29) is 55.2 Å². The van der Waals surface area contributed by atoms with Crippen molar-refractivity contribution >= 4 is 46.0 Å². The molecule has 1 unspecified atom stereocenters. The van der Waals surface area contributed by atoms with E-state index in [9.17, 15) is 28.8 Å². The molecule has 17 heteroatoms. The predicted molar refractivity (Wildman–Crippen MR) is 208 cm³/mol. The van der Waals surface area contributed by atoms with Gasteiger partial charge in [-0.25, -0.2) is 0 Å². The molecule has 2 aliphatic rings. The van der Waals surface area contributed by atoms with E-state index >= 15 is 0 Å². The van der Waals surface area contributed by atoms with Crippen molar-refractivity contribution in [3.8, 4) is 22.6 Å². The number of hydrogen-bond donors (Lipinski definition) is 3. The highest BCUT2D eigenvalue weighted by atomic mass is 16.5. The zero-order valence-corrected chi connectivity index (χ0v) is 32.2. The molecule has 0 aliphatic carbocycles. The number of anilines is 1. The van der Waals surface area contributed by atoms with Crippen molar-refractivity contribution in [3.05, 3.63) is 82.0 Å². The van der Waals surface area contributed by atoms with Crippen LogP contribution < -0.4 is 31.0 Å². The maximum Gasteiger partial charge on any atom is 0.264 e. The number of nitrogens with zero attached hydrogens (tertiary/aromatic N) is 4. The van der Waals surface area contributed by atoms with Gasteiger partial charge in [-0.2, -0.15) is 0 Å². The van der Waals surface area contributed by atoms with E-state index < -0.39 is 29.7 Å². The summed E-state index contributed by atoms with van der Waals surface area (Å²) in [6.07, 6.45) is 5.10. The zero-order chi connectivity index (χ0) is 40.6. The van der Waals surface area contributed by atoms with E-state index in [4.69, 9.17) is 18.9 Å². The van der Waals surface area contributed by atoms with Gasteiger partial charge in [-0.1, -0.05) is 6.07 Å². The molecule has 6 rings (SSSR count). The van der Waals surface area contributed by atoms with Crippen molar-refractivity contribution in [2.75, 3.05) is 72.6 Å². The van der Waals surface area contributed by atoms with Crippen molar-refractivity contribution in [3.63, 3.8) is 0 Å². The van der Waals surface area contributed by atoms with Gasteiger partial charge in [-0.15, -0.1) is 0 Å². The minimum absolute atomic E-state index is 0.0480. The molecule has 4 aromatic rings. The number of piperidine rings is 1. The number of aromatic nitrogens is 2. The fourth-order valence-corrected chi connectivity index (χ4v) is 6.97. The molecular weight excluding hydrogens is 738 g/mol. The Balaban J connectivity index is 0.899. The number of hydrogen-bond acceptors (Lipinski definition) is 13. The van der Waals surface area contributed by atoms with Crippen LogP contribution in [0.25, 0.3) is 21.9 Å². The summed E-state index contributed by atoms with van der Waals surface area (Å²) < 4.78 is 24.3. The lowest BCUT2D eigenvalue weighted by atomic mass is 9.98. The smallest absolute Gasteiger partial charge is 0.264 e. The van der Waals surface area contributed by atoms with E-state index in [1.165, 1.54) is 10.6 Å². The normalized spacial score (nSPS) is 15.2. The van der Waals surface area contributed by atoms with E-state index in [0.29, 0.717) is 55.4 Å². The third kappa shape index (κ3) is 8.95. The topological polar surface area (TPSA) is 200 Å². The highest BCUT2D eigenvalue weighted by Crippen LogP contribution is 2.39. The monoisotopic (exact) mass is 783 g/mol. The molecule has 5 amide bonds. The summed E-state index contributed by atoms with van der Waals surface area (Å²) in [5.41, 5.74) is 3.04. The van der Waals surface area contributed by atoms with Gasteiger partial charge in [0.25, 0.3) is 17.4 Å². The van der Waals surface area contributed by atoms with Gasteiger partial charge in [-0.3, -0.25) is 48.9 Å². The Kier molecular flexibility index (Phi) is 12.9. The first kappa shape index (κ1) is 40.5. The first-order valence-corrected chi connectivity index (χ1v) is 18.4. The standard InChI is InChI=1S/C40H45N7O10/c1-45(21-24-18-33(55-4)27(19-32(24)54-3)29-22-46(2)38(51)28-20-41-11-10-25(28)29)23-35(49)43-13-15-57-17-16-56-14-12-42-30-7-5-6-26-36(30)40(53)47(39(26)52)31-8-9-34(48)44-37(31)50/h5-7,10-11,18-20,22,31,42H,8-9,12-17,21,23H2,1-4H3,(H,43,49)(H,44,48,50). The number of pyridine rings is 2. The van der Waals surface area contributed by atoms with E-state index in [1.807, 2.05) is 24.1 Å². The number of methoxy groups -OCH3 is 2. The molecule has 0 radical (unpaired) electrons. The molecule has 1 saturated heterocycles. The van der Waals surface area contributed by atoms with Crippen LogP contribution in [0.5, 0.6) is 11.5 Å². The van der Waals surface area contributed by atoms with Gasteiger partial charge in [0.1, 0.15) is 17.5 Å². The lowest BCUT2D eigenvalue weighted by Gasteiger charge is -2.27. The van der Waals surface area contributed by atoms with Crippen molar-refractivity contribution < 1.29 is 42.9 Å². The number of nitrogens with one attached hydrogen (secondary N) is 3. The molecular formula is C40H45N7O10. The lowest BCUT2D eigenvalue weighted by Crippen LogP contribution is -2.54. The third-order valence-corrected chi connectivity index (χ3v) is 9.70. The number of rotatable bonds is 18. The molecule has 2 aromatic carbocycles. The Hall–Kier alpha value is -6.17.